The van der Waals surface area contributed by atoms with E-state index in [0.29, 0.717) is 0 Å². The second-order valence-corrected chi connectivity index (χ2v) is 9.01. The van der Waals surface area contributed by atoms with Gasteiger partial charge in [-0.25, -0.2) is 4.98 Å². The summed E-state index contributed by atoms with van der Waals surface area (Å²) in [5.74, 6) is 0. The van der Waals surface area contributed by atoms with Crippen molar-refractivity contribution >= 4 is 27.8 Å². The molecule has 2 aromatic heterocycles. The first kappa shape index (κ1) is 19.3. The van der Waals surface area contributed by atoms with Gasteiger partial charge in [-0.3, -0.25) is 9.88 Å². The highest BCUT2D eigenvalue weighted by atomic mass is 32.1. The first-order chi connectivity index (χ1) is 13.9. The molecule has 0 spiro atoms. The number of thiazole rings is 1. The first-order valence-electron chi connectivity index (χ1n) is 9.76. The van der Waals surface area contributed by atoms with Crippen molar-refractivity contribution in [1.29, 1.82) is 0 Å². The first-order valence-corrected chi connectivity index (χ1v) is 10.6. The number of hydrogen-bond donors (Lipinski definition) is 0. The van der Waals surface area contributed by atoms with E-state index in [9.17, 15) is 0 Å². The third-order valence-corrected chi connectivity index (χ3v) is 5.83. The molecule has 4 rings (SSSR count). The highest BCUT2D eigenvalue weighted by Gasteiger charge is 2.20. The molecule has 0 saturated carbocycles. The van der Waals surface area contributed by atoms with Gasteiger partial charge in [-0.1, -0.05) is 51.1 Å². The minimum Gasteiger partial charge on any atom is -0.286 e. The summed E-state index contributed by atoms with van der Waals surface area (Å²) < 4.78 is 0. The molecule has 0 saturated heterocycles. The number of nitrogens with zero attached hydrogens (tertiary/aromatic N) is 3. The fourth-order valence-corrected chi connectivity index (χ4v) is 4.17. The van der Waals surface area contributed by atoms with Gasteiger partial charge >= 0.3 is 0 Å². The van der Waals surface area contributed by atoms with Crippen LogP contribution in [0.25, 0.3) is 11.3 Å². The Morgan fingerprint density at radius 3 is 2.21 bits per heavy atom. The maximum absolute atomic E-state index is 4.96. The van der Waals surface area contributed by atoms with Crippen molar-refractivity contribution in [2.75, 3.05) is 4.90 Å². The predicted octanol–water partition coefficient (Wildman–Crippen LogP) is 7.28. The molecule has 4 aromatic rings. The van der Waals surface area contributed by atoms with Gasteiger partial charge in [0.15, 0.2) is 5.13 Å². The average molecular weight is 400 g/mol. The van der Waals surface area contributed by atoms with Crippen molar-refractivity contribution in [3.63, 3.8) is 0 Å². The number of hydrogen-bond acceptors (Lipinski definition) is 4. The van der Waals surface area contributed by atoms with Gasteiger partial charge in [-0.2, -0.15) is 0 Å². The van der Waals surface area contributed by atoms with Gasteiger partial charge in [0, 0.05) is 29.0 Å². The topological polar surface area (TPSA) is 29.0 Å². The number of para-hydroxylation sites is 1. The molecule has 0 atom stereocenters. The van der Waals surface area contributed by atoms with Crippen molar-refractivity contribution in [2.45, 2.75) is 33.1 Å². The van der Waals surface area contributed by atoms with E-state index in [1.807, 2.05) is 12.1 Å². The van der Waals surface area contributed by atoms with Gasteiger partial charge in [0.2, 0.25) is 0 Å². The van der Waals surface area contributed by atoms with E-state index in [1.54, 1.807) is 23.7 Å². The van der Waals surface area contributed by atoms with Crippen molar-refractivity contribution in [3.8, 4) is 11.3 Å². The highest BCUT2D eigenvalue weighted by molar-refractivity contribution is 7.14. The van der Waals surface area contributed by atoms with Crippen LogP contribution in [0, 0.1) is 6.92 Å². The maximum Gasteiger partial charge on any atom is 0.195 e. The molecule has 4 heteroatoms. The lowest BCUT2D eigenvalue weighted by Crippen LogP contribution is -2.13. The Kier molecular flexibility index (Phi) is 5.20. The molecule has 0 aliphatic carbocycles. The zero-order valence-electron chi connectivity index (χ0n) is 17.3. The standard InChI is InChI=1S/C25H25N3S/c1-18-7-5-6-8-23(18)28(21-11-9-20(10-12-21)25(2,3)4)24-27-22(17-29-24)19-13-15-26-16-14-19/h5-17H,1-4H3. The van der Waals surface area contributed by atoms with Crippen LogP contribution in [0.3, 0.4) is 0 Å². The molecule has 0 radical (unpaired) electrons. The molecule has 0 fully saturated rings. The molecule has 0 N–H and O–H groups in total. The molecule has 0 bridgehead atoms. The van der Waals surface area contributed by atoms with Crippen LogP contribution in [0.5, 0.6) is 0 Å². The van der Waals surface area contributed by atoms with Crippen LogP contribution in [-0.4, -0.2) is 9.97 Å². The van der Waals surface area contributed by atoms with E-state index in [2.05, 4.69) is 91.5 Å². The molecule has 2 aromatic carbocycles. The van der Waals surface area contributed by atoms with Crippen LogP contribution in [-0.2, 0) is 5.41 Å². The molecule has 146 valence electrons. The third kappa shape index (κ3) is 4.08. The molecule has 3 nitrogen and oxygen atoms in total. The Morgan fingerprint density at radius 2 is 1.55 bits per heavy atom. The second kappa shape index (κ2) is 7.80. The summed E-state index contributed by atoms with van der Waals surface area (Å²) in [6, 6.07) is 21.3. The van der Waals surface area contributed by atoms with E-state index >= 15 is 0 Å². The highest BCUT2D eigenvalue weighted by Crippen LogP contribution is 2.40. The Bertz CT molecular complexity index is 1090. The van der Waals surface area contributed by atoms with Crippen LogP contribution in [0.15, 0.2) is 78.4 Å². The summed E-state index contributed by atoms with van der Waals surface area (Å²) in [4.78, 5) is 11.3. The number of benzene rings is 2. The van der Waals surface area contributed by atoms with E-state index in [1.165, 1.54) is 11.1 Å². The largest absolute Gasteiger partial charge is 0.286 e. The quantitative estimate of drug-likeness (QED) is 0.361. The molecule has 0 amide bonds. The SMILES string of the molecule is Cc1ccccc1N(c1ccc(C(C)(C)C)cc1)c1nc(-c2ccncc2)cs1. The fourth-order valence-electron chi connectivity index (χ4n) is 3.30. The summed E-state index contributed by atoms with van der Waals surface area (Å²) in [5, 5.41) is 3.06. The lowest BCUT2D eigenvalue weighted by molar-refractivity contribution is 0.590. The van der Waals surface area contributed by atoms with E-state index in [-0.39, 0.29) is 5.41 Å². The number of rotatable bonds is 4. The molecule has 0 aliphatic rings. The maximum atomic E-state index is 4.96. The monoisotopic (exact) mass is 399 g/mol. The van der Waals surface area contributed by atoms with Gasteiger partial charge < -0.3 is 0 Å². The van der Waals surface area contributed by atoms with E-state index in [4.69, 9.17) is 4.98 Å². The lowest BCUT2D eigenvalue weighted by atomic mass is 9.87. The molecular formula is C25H25N3S. The minimum atomic E-state index is 0.127. The average Bonchev–Trinajstić information content (AvgIpc) is 3.20. The Hall–Kier alpha value is -2.98. The summed E-state index contributed by atoms with van der Waals surface area (Å²) in [6.07, 6.45) is 3.61. The number of aryl methyl sites for hydroxylation is 1. The molecule has 29 heavy (non-hydrogen) atoms. The van der Waals surface area contributed by atoms with Crippen molar-refractivity contribution in [3.05, 3.63) is 89.6 Å². The number of anilines is 3. The summed E-state index contributed by atoms with van der Waals surface area (Å²) in [5.41, 5.74) is 6.97. The zero-order valence-corrected chi connectivity index (χ0v) is 18.1. The summed E-state index contributed by atoms with van der Waals surface area (Å²) >= 11 is 1.66. The van der Waals surface area contributed by atoms with Crippen LogP contribution < -0.4 is 4.90 Å². The van der Waals surface area contributed by atoms with Gasteiger partial charge in [0.25, 0.3) is 0 Å². The Balaban J connectivity index is 1.80. The fraction of sp³-hybridized carbons (Fsp3) is 0.200. The Labute approximate surface area is 176 Å². The van der Waals surface area contributed by atoms with Crippen LogP contribution in [0.4, 0.5) is 16.5 Å². The van der Waals surface area contributed by atoms with Crippen molar-refractivity contribution in [2.24, 2.45) is 0 Å². The third-order valence-electron chi connectivity index (χ3n) is 5.01. The summed E-state index contributed by atoms with van der Waals surface area (Å²) in [6.45, 7) is 8.86. The molecule has 0 aliphatic heterocycles. The minimum absolute atomic E-state index is 0.127. The number of pyridine rings is 1. The van der Waals surface area contributed by atoms with Crippen LogP contribution in [0.2, 0.25) is 0 Å². The van der Waals surface area contributed by atoms with Gasteiger partial charge in [0.05, 0.1) is 11.4 Å². The Morgan fingerprint density at radius 1 is 0.862 bits per heavy atom. The normalized spacial score (nSPS) is 11.4. The van der Waals surface area contributed by atoms with E-state index in [0.717, 1.165) is 27.8 Å². The van der Waals surface area contributed by atoms with Crippen LogP contribution in [0.1, 0.15) is 31.9 Å². The smallest absolute Gasteiger partial charge is 0.195 e. The molecule has 2 heterocycles. The van der Waals surface area contributed by atoms with E-state index < -0.39 is 0 Å². The summed E-state index contributed by atoms with van der Waals surface area (Å²) in [7, 11) is 0. The van der Waals surface area contributed by atoms with Crippen LogP contribution >= 0.6 is 11.3 Å². The number of aromatic nitrogens is 2. The predicted molar refractivity (Wildman–Crippen MR) is 123 cm³/mol. The van der Waals surface area contributed by atoms with Gasteiger partial charge in [-0.15, -0.1) is 11.3 Å². The van der Waals surface area contributed by atoms with Crippen molar-refractivity contribution < 1.29 is 0 Å². The van der Waals surface area contributed by atoms with Gasteiger partial charge in [0.1, 0.15) is 0 Å². The lowest BCUT2D eigenvalue weighted by Gasteiger charge is -2.25. The molecule has 0 unspecified atom stereocenters. The van der Waals surface area contributed by atoms with Crippen molar-refractivity contribution in [1.82, 2.24) is 9.97 Å². The zero-order chi connectivity index (χ0) is 20.4. The second-order valence-electron chi connectivity index (χ2n) is 8.17. The molecular weight excluding hydrogens is 374 g/mol. The van der Waals surface area contributed by atoms with Gasteiger partial charge in [-0.05, 0) is 53.8 Å².